The third-order valence-corrected chi connectivity index (χ3v) is 7.48. The van der Waals surface area contributed by atoms with Gasteiger partial charge in [0.05, 0.1) is 17.6 Å². The number of carbonyl (C=O) groups excluding carboxylic acids is 1. The van der Waals surface area contributed by atoms with Gasteiger partial charge in [0, 0.05) is 22.9 Å². The largest absolute Gasteiger partial charge is 0.384 e. The normalized spacial score (nSPS) is 20.6. The third kappa shape index (κ3) is 4.05. The van der Waals surface area contributed by atoms with Crippen molar-refractivity contribution in [1.29, 1.82) is 5.26 Å². The first-order chi connectivity index (χ1) is 15.1. The van der Waals surface area contributed by atoms with E-state index in [2.05, 4.69) is 30.1 Å². The number of aromatic nitrogens is 2. The highest BCUT2D eigenvalue weighted by molar-refractivity contribution is 8.01. The van der Waals surface area contributed by atoms with E-state index in [1.165, 1.54) is 23.5 Å². The van der Waals surface area contributed by atoms with Crippen LogP contribution in [-0.4, -0.2) is 21.2 Å². The number of halogens is 1. The van der Waals surface area contributed by atoms with Crippen LogP contribution in [-0.2, 0) is 4.79 Å². The second kappa shape index (κ2) is 8.34. The van der Waals surface area contributed by atoms with Crippen molar-refractivity contribution in [3.05, 3.63) is 58.3 Å². The van der Waals surface area contributed by atoms with Gasteiger partial charge in [-0.25, -0.2) is 4.39 Å². The Labute approximate surface area is 195 Å². The molecule has 1 aliphatic carbocycles. The zero-order valence-electron chi connectivity index (χ0n) is 18.3. The number of nitrogens with zero attached hydrogens (tertiary/aromatic N) is 4. The zero-order valence-corrected chi connectivity index (χ0v) is 20.0. The number of rotatable bonds is 4. The number of hydrogen-bond acceptors (Lipinski definition) is 8. The van der Waals surface area contributed by atoms with E-state index in [4.69, 9.17) is 5.73 Å². The van der Waals surface area contributed by atoms with E-state index in [1.54, 1.807) is 28.8 Å². The van der Waals surface area contributed by atoms with E-state index in [1.807, 2.05) is 13.8 Å². The van der Waals surface area contributed by atoms with Gasteiger partial charge in [-0.15, -0.1) is 10.2 Å². The number of thioether (sulfide) groups is 1. The molecule has 32 heavy (non-hydrogen) atoms. The van der Waals surface area contributed by atoms with Crippen molar-refractivity contribution in [1.82, 2.24) is 10.2 Å². The molecule has 9 heteroatoms. The highest BCUT2D eigenvalue weighted by atomic mass is 32.2. The number of allylic oxidation sites excluding steroid dienone is 3. The summed E-state index contributed by atoms with van der Waals surface area (Å²) in [6, 6.07) is 8.21. The average molecular weight is 470 g/mol. The van der Waals surface area contributed by atoms with E-state index in [0.29, 0.717) is 40.1 Å². The summed E-state index contributed by atoms with van der Waals surface area (Å²) in [7, 11) is 0. The van der Waals surface area contributed by atoms with Crippen LogP contribution in [0.2, 0.25) is 0 Å². The molecule has 0 spiro atoms. The Hall–Kier alpha value is -2.70. The molecule has 0 fully saturated rings. The Kier molecular flexibility index (Phi) is 5.86. The maximum Gasteiger partial charge on any atom is 0.219 e. The Balaban J connectivity index is 1.93. The molecule has 4 rings (SSSR count). The number of hydrogen-bond donors (Lipinski definition) is 1. The Morgan fingerprint density at radius 1 is 1.34 bits per heavy atom. The molecule has 0 radical (unpaired) electrons. The Bertz CT molecular complexity index is 1190. The lowest BCUT2D eigenvalue weighted by Gasteiger charge is -2.42. The molecular weight excluding hydrogens is 445 g/mol. The van der Waals surface area contributed by atoms with Crippen LogP contribution in [0.1, 0.15) is 52.0 Å². The maximum absolute atomic E-state index is 14.1. The van der Waals surface area contributed by atoms with Crippen molar-refractivity contribution in [2.24, 2.45) is 11.1 Å². The SMILES string of the molecule is CC(C)Sc1nnc(N2C(N)=C(C#N)C(c3cccc(F)c3)C3=C2CC(C)(C)CC3=O)s1. The van der Waals surface area contributed by atoms with E-state index >= 15 is 0 Å². The van der Waals surface area contributed by atoms with Gasteiger partial charge in [-0.3, -0.25) is 9.69 Å². The molecule has 2 heterocycles. The fraction of sp³-hybridized carbons (Fsp3) is 0.391. The van der Waals surface area contributed by atoms with Crippen LogP contribution in [0.4, 0.5) is 9.52 Å². The van der Waals surface area contributed by atoms with Crippen molar-refractivity contribution < 1.29 is 9.18 Å². The van der Waals surface area contributed by atoms with Gasteiger partial charge >= 0.3 is 0 Å². The summed E-state index contributed by atoms with van der Waals surface area (Å²) in [5.74, 6) is -0.978. The van der Waals surface area contributed by atoms with E-state index < -0.39 is 11.7 Å². The summed E-state index contributed by atoms with van der Waals surface area (Å²) in [6.45, 7) is 8.20. The summed E-state index contributed by atoms with van der Waals surface area (Å²) >= 11 is 2.97. The molecule has 0 amide bonds. The highest BCUT2D eigenvalue weighted by Crippen LogP contribution is 2.50. The highest BCUT2D eigenvalue weighted by Gasteiger charge is 2.45. The van der Waals surface area contributed by atoms with Crippen LogP contribution in [0.3, 0.4) is 0 Å². The van der Waals surface area contributed by atoms with Gasteiger partial charge in [0.1, 0.15) is 11.6 Å². The van der Waals surface area contributed by atoms with E-state index in [0.717, 1.165) is 4.34 Å². The number of nitriles is 1. The molecule has 166 valence electrons. The van der Waals surface area contributed by atoms with Gasteiger partial charge in [0.2, 0.25) is 5.13 Å². The van der Waals surface area contributed by atoms with Gasteiger partial charge < -0.3 is 5.73 Å². The minimum Gasteiger partial charge on any atom is -0.384 e. The lowest BCUT2D eigenvalue weighted by Crippen LogP contribution is -2.42. The zero-order chi connectivity index (χ0) is 23.2. The van der Waals surface area contributed by atoms with Crippen molar-refractivity contribution in [2.45, 2.75) is 56.0 Å². The molecule has 2 aliphatic rings. The second-order valence-electron chi connectivity index (χ2n) is 9.05. The molecule has 0 saturated carbocycles. The first kappa shape index (κ1) is 22.5. The predicted molar refractivity (Wildman–Crippen MR) is 124 cm³/mol. The maximum atomic E-state index is 14.1. The molecular formula is C23H24FN5OS2. The lowest BCUT2D eigenvalue weighted by molar-refractivity contribution is -0.118. The predicted octanol–water partition coefficient (Wildman–Crippen LogP) is 5.12. The molecule has 2 N–H and O–H groups in total. The quantitative estimate of drug-likeness (QED) is 0.621. The van der Waals surface area contributed by atoms with Gasteiger partial charge in [-0.2, -0.15) is 5.26 Å². The smallest absolute Gasteiger partial charge is 0.219 e. The molecule has 0 saturated heterocycles. The minimum absolute atomic E-state index is 0.0583. The molecule has 1 unspecified atom stereocenters. The topological polar surface area (TPSA) is 95.9 Å². The Morgan fingerprint density at radius 3 is 2.75 bits per heavy atom. The standard InChI is InChI=1S/C23H24FN5OS2/c1-12(2)31-22-28-27-21(32-22)29-16-9-23(3,4)10-17(30)19(16)18(15(11-25)20(29)26)13-6-5-7-14(24)8-13/h5-8,12,18H,9-10,26H2,1-4H3. The fourth-order valence-electron chi connectivity index (χ4n) is 4.29. The molecule has 0 bridgehead atoms. The van der Waals surface area contributed by atoms with Gasteiger partial charge in [0.25, 0.3) is 0 Å². The van der Waals surface area contributed by atoms with Crippen LogP contribution >= 0.6 is 23.1 Å². The second-order valence-corrected chi connectivity index (χ2v) is 11.8. The summed E-state index contributed by atoms with van der Waals surface area (Å²) in [4.78, 5) is 15.1. The average Bonchev–Trinajstić information content (AvgIpc) is 3.13. The third-order valence-electron chi connectivity index (χ3n) is 5.49. The molecule has 6 nitrogen and oxygen atoms in total. The number of anilines is 1. The molecule has 1 atom stereocenters. The summed E-state index contributed by atoms with van der Waals surface area (Å²) < 4.78 is 14.9. The van der Waals surface area contributed by atoms with Gasteiger partial charge in [-0.1, -0.05) is 62.9 Å². The number of benzene rings is 1. The van der Waals surface area contributed by atoms with Crippen LogP contribution in [0, 0.1) is 22.6 Å². The fourth-order valence-corrected chi connectivity index (χ4v) is 6.39. The lowest BCUT2D eigenvalue weighted by atomic mass is 9.68. The van der Waals surface area contributed by atoms with Crippen LogP contribution < -0.4 is 10.6 Å². The number of nitrogens with two attached hydrogens (primary N) is 1. The molecule has 1 aromatic heterocycles. The van der Waals surface area contributed by atoms with Crippen molar-refractivity contribution in [2.75, 3.05) is 4.90 Å². The molecule has 1 aliphatic heterocycles. The monoisotopic (exact) mass is 469 g/mol. The first-order valence-electron chi connectivity index (χ1n) is 10.3. The van der Waals surface area contributed by atoms with Crippen molar-refractivity contribution in [3.8, 4) is 6.07 Å². The summed E-state index contributed by atoms with van der Waals surface area (Å²) in [6.07, 6.45) is 0.917. The Morgan fingerprint density at radius 2 is 2.09 bits per heavy atom. The van der Waals surface area contributed by atoms with E-state index in [-0.39, 0.29) is 22.6 Å². The van der Waals surface area contributed by atoms with Gasteiger partial charge in [0.15, 0.2) is 10.1 Å². The number of carbonyl (C=O) groups is 1. The first-order valence-corrected chi connectivity index (χ1v) is 12.0. The number of ketones is 1. The van der Waals surface area contributed by atoms with Crippen LogP contribution in [0.25, 0.3) is 0 Å². The summed E-state index contributed by atoms with van der Waals surface area (Å²) in [5.41, 5.74) is 8.24. The molecule has 2 aromatic rings. The van der Waals surface area contributed by atoms with E-state index in [9.17, 15) is 14.4 Å². The van der Waals surface area contributed by atoms with Crippen LogP contribution in [0.15, 0.2) is 51.3 Å². The van der Waals surface area contributed by atoms with Crippen molar-refractivity contribution in [3.63, 3.8) is 0 Å². The van der Waals surface area contributed by atoms with Crippen LogP contribution in [0.5, 0.6) is 0 Å². The minimum atomic E-state index is -0.706. The van der Waals surface area contributed by atoms with Gasteiger partial charge in [-0.05, 0) is 29.5 Å². The van der Waals surface area contributed by atoms with Crippen molar-refractivity contribution >= 4 is 34.0 Å². The number of Topliss-reactive ketones (excluding diaryl/α,β-unsaturated/α-hetero) is 1. The summed E-state index contributed by atoms with van der Waals surface area (Å²) in [5, 5.41) is 19.5. The molecule has 1 aromatic carbocycles.